The molecule has 1 aromatic heterocycles. The number of anilines is 2. The van der Waals surface area contributed by atoms with Crippen LogP contribution in [0.2, 0.25) is 0 Å². The van der Waals surface area contributed by atoms with Crippen LogP contribution in [0.1, 0.15) is 5.56 Å². The van der Waals surface area contributed by atoms with Crippen LogP contribution in [0.5, 0.6) is 11.5 Å². The van der Waals surface area contributed by atoms with Gasteiger partial charge in [-0.05, 0) is 24.4 Å². The molecule has 164 valence electrons. The van der Waals surface area contributed by atoms with Crippen molar-refractivity contribution in [2.45, 2.75) is 6.54 Å². The molecule has 0 atom stereocenters. The first-order valence-electron chi connectivity index (χ1n) is 8.59. The number of hydrogen-bond donors (Lipinski definition) is 2. The molecule has 3 rings (SSSR count). The number of benzene rings is 2. The van der Waals surface area contributed by atoms with E-state index in [1.807, 2.05) is 0 Å². The summed E-state index contributed by atoms with van der Waals surface area (Å²) in [5.74, 6) is -8.86. The predicted octanol–water partition coefficient (Wildman–Crippen LogP) is 4.45. The minimum Gasteiger partial charge on any atom is -0.497 e. The van der Waals surface area contributed by atoms with Crippen LogP contribution in [0, 0.1) is 29.1 Å². The lowest BCUT2D eigenvalue weighted by Gasteiger charge is -2.13. The van der Waals surface area contributed by atoms with Crippen LogP contribution in [0.4, 0.5) is 33.5 Å². The van der Waals surface area contributed by atoms with Crippen molar-refractivity contribution >= 4 is 28.8 Å². The first-order chi connectivity index (χ1) is 14.7. The quantitative estimate of drug-likeness (QED) is 0.246. The molecule has 0 bridgehead atoms. The highest BCUT2D eigenvalue weighted by Gasteiger charge is 2.25. The van der Waals surface area contributed by atoms with E-state index in [0.29, 0.717) is 17.2 Å². The summed E-state index contributed by atoms with van der Waals surface area (Å²) in [5.41, 5.74) is -0.476. The maximum Gasteiger partial charge on any atom is 0.200 e. The predicted molar refractivity (Wildman–Crippen MR) is 107 cm³/mol. The van der Waals surface area contributed by atoms with Crippen LogP contribution in [0.25, 0.3) is 0 Å². The van der Waals surface area contributed by atoms with Crippen molar-refractivity contribution in [1.29, 1.82) is 0 Å². The Morgan fingerprint density at radius 2 is 1.58 bits per heavy atom. The molecule has 0 unspecified atom stereocenters. The van der Waals surface area contributed by atoms with Gasteiger partial charge in [-0.25, -0.2) is 22.0 Å². The lowest BCUT2D eigenvalue weighted by molar-refractivity contribution is 0.367. The van der Waals surface area contributed by atoms with Gasteiger partial charge in [0.2, 0.25) is 5.82 Å². The van der Waals surface area contributed by atoms with E-state index in [9.17, 15) is 22.0 Å². The standard InChI is InChI=1S/C19H15F5N4O2S/c1-29-9-3-4-11(12(7-9)30-2)25-19(31)26-13-5-6-28(27-13)8-10-14(20)16(22)18(24)17(23)15(10)21/h3-7H,8H2,1-2H3,(H2,25,26,27,31). The maximum atomic E-state index is 13.8. The van der Waals surface area contributed by atoms with Crippen molar-refractivity contribution in [3.05, 3.63) is 65.1 Å². The minimum atomic E-state index is -2.22. The maximum absolute atomic E-state index is 13.8. The lowest BCUT2D eigenvalue weighted by atomic mass is 10.1. The van der Waals surface area contributed by atoms with Gasteiger partial charge in [0.1, 0.15) is 11.5 Å². The summed E-state index contributed by atoms with van der Waals surface area (Å²) < 4.78 is 78.9. The average molecular weight is 458 g/mol. The molecule has 0 spiro atoms. The number of nitrogens with zero attached hydrogens (tertiary/aromatic N) is 2. The summed E-state index contributed by atoms with van der Waals surface area (Å²) in [5, 5.41) is 9.72. The van der Waals surface area contributed by atoms with Gasteiger partial charge in [-0.3, -0.25) is 4.68 Å². The molecule has 0 amide bonds. The number of nitrogens with one attached hydrogen (secondary N) is 2. The Morgan fingerprint density at radius 3 is 2.19 bits per heavy atom. The molecule has 6 nitrogen and oxygen atoms in total. The Kier molecular flexibility index (Phi) is 6.59. The molecular formula is C19H15F5N4O2S. The van der Waals surface area contributed by atoms with Crippen LogP contribution in [0.15, 0.2) is 30.5 Å². The summed E-state index contributed by atoms with van der Waals surface area (Å²) >= 11 is 5.20. The van der Waals surface area contributed by atoms with Gasteiger partial charge in [0.25, 0.3) is 0 Å². The molecule has 0 radical (unpaired) electrons. The van der Waals surface area contributed by atoms with Crippen LogP contribution in [0.3, 0.4) is 0 Å². The third-order valence-corrected chi connectivity index (χ3v) is 4.36. The Hall–Kier alpha value is -3.41. The smallest absolute Gasteiger partial charge is 0.200 e. The Balaban J connectivity index is 1.72. The Bertz CT molecular complexity index is 1110. The highest BCUT2D eigenvalue weighted by molar-refractivity contribution is 7.80. The van der Waals surface area contributed by atoms with Crippen molar-refractivity contribution in [1.82, 2.24) is 9.78 Å². The molecule has 0 fully saturated rings. The van der Waals surface area contributed by atoms with Crippen molar-refractivity contribution in [3.8, 4) is 11.5 Å². The molecule has 0 saturated heterocycles. The highest BCUT2D eigenvalue weighted by atomic mass is 32.1. The van der Waals surface area contributed by atoms with Gasteiger partial charge in [0.05, 0.1) is 32.0 Å². The van der Waals surface area contributed by atoms with E-state index >= 15 is 0 Å². The molecule has 12 heteroatoms. The van der Waals surface area contributed by atoms with E-state index in [2.05, 4.69) is 15.7 Å². The number of halogens is 5. The van der Waals surface area contributed by atoms with E-state index < -0.39 is 41.2 Å². The Morgan fingerprint density at radius 1 is 0.935 bits per heavy atom. The molecule has 3 aromatic rings. The van der Waals surface area contributed by atoms with Gasteiger partial charge in [0, 0.05) is 18.3 Å². The van der Waals surface area contributed by atoms with Crippen molar-refractivity contribution < 1.29 is 31.4 Å². The third kappa shape index (κ3) is 4.68. The zero-order chi connectivity index (χ0) is 22.7. The lowest BCUT2D eigenvalue weighted by Crippen LogP contribution is -2.20. The van der Waals surface area contributed by atoms with Gasteiger partial charge in [-0.2, -0.15) is 5.10 Å². The zero-order valence-electron chi connectivity index (χ0n) is 16.1. The summed E-state index contributed by atoms with van der Waals surface area (Å²) in [6.45, 7) is -0.681. The van der Waals surface area contributed by atoms with Crippen LogP contribution < -0.4 is 20.1 Å². The third-order valence-electron chi connectivity index (χ3n) is 4.16. The highest BCUT2D eigenvalue weighted by Crippen LogP contribution is 2.29. The van der Waals surface area contributed by atoms with Crippen LogP contribution >= 0.6 is 12.2 Å². The fraction of sp³-hybridized carbons (Fsp3) is 0.158. The number of hydrogen-bond acceptors (Lipinski definition) is 4. The van der Waals surface area contributed by atoms with Gasteiger partial charge < -0.3 is 20.1 Å². The van der Waals surface area contributed by atoms with E-state index in [1.165, 1.54) is 26.5 Å². The minimum absolute atomic E-state index is 0.116. The fourth-order valence-electron chi connectivity index (χ4n) is 2.64. The zero-order valence-corrected chi connectivity index (χ0v) is 16.9. The summed E-state index contributed by atoms with van der Waals surface area (Å²) in [6.07, 6.45) is 1.29. The number of thiocarbonyl (C=S) groups is 1. The van der Waals surface area contributed by atoms with E-state index in [1.54, 1.807) is 18.2 Å². The molecule has 0 aliphatic heterocycles. The second kappa shape index (κ2) is 9.16. The average Bonchev–Trinajstić information content (AvgIpc) is 3.20. The first-order valence-corrected chi connectivity index (χ1v) is 8.99. The van der Waals surface area contributed by atoms with Gasteiger partial charge in [0.15, 0.2) is 34.2 Å². The molecule has 0 saturated carbocycles. The van der Waals surface area contributed by atoms with Crippen LogP contribution in [-0.2, 0) is 6.54 Å². The first kappa shape index (κ1) is 22.3. The number of rotatable bonds is 6. The number of ether oxygens (including phenoxy) is 2. The van der Waals surface area contributed by atoms with Crippen LogP contribution in [-0.4, -0.2) is 29.1 Å². The second-order valence-electron chi connectivity index (χ2n) is 6.09. The summed E-state index contributed by atoms with van der Waals surface area (Å²) in [4.78, 5) is 0. The monoisotopic (exact) mass is 458 g/mol. The van der Waals surface area contributed by atoms with Gasteiger partial charge >= 0.3 is 0 Å². The topological polar surface area (TPSA) is 60.3 Å². The second-order valence-corrected chi connectivity index (χ2v) is 6.50. The molecule has 0 aliphatic carbocycles. The molecule has 1 heterocycles. The van der Waals surface area contributed by atoms with Gasteiger partial charge in [-0.1, -0.05) is 0 Å². The van der Waals surface area contributed by atoms with Crippen molar-refractivity contribution in [2.75, 3.05) is 24.9 Å². The summed E-state index contributed by atoms with van der Waals surface area (Å²) in [7, 11) is 2.98. The molecule has 2 aromatic carbocycles. The van der Waals surface area contributed by atoms with Crippen molar-refractivity contribution in [2.24, 2.45) is 0 Å². The molecule has 2 N–H and O–H groups in total. The largest absolute Gasteiger partial charge is 0.497 e. The van der Waals surface area contributed by atoms with Gasteiger partial charge in [-0.15, -0.1) is 0 Å². The summed E-state index contributed by atoms with van der Waals surface area (Å²) in [6, 6.07) is 6.41. The fourth-order valence-corrected chi connectivity index (χ4v) is 2.85. The normalized spacial score (nSPS) is 10.7. The Labute approximate surface area is 178 Å². The van der Waals surface area contributed by atoms with Crippen molar-refractivity contribution in [3.63, 3.8) is 0 Å². The van der Waals surface area contributed by atoms with E-state index in [0.717, 1.165) is 4.68 Å². The van der Waals surface area contributed by atoms with E-state index in [-0.39, 0.29) is 10.9 Å². The molecule has 0 aliphatic rings. The number of aromatic nitrogens is 2. The van der Waals surface area contributed by atoms with E-state index in [4.69, 9.17) is 21.7 Å². The number of methoxy groups -OCH3 is 2. The molecule has 31 heavy (non-hydrogen) atoms. The molecular weight excluding hydrogens is 443 g/mol. The SMILES string of the molecule is COc1ccc(NC(=S)Nc2ccn(Cc3c(F)c(F)c(F)c(F)c3F)n2)c(OC)c1.